The number of carbonyl (C=O) groups is 1. The van der Waals surface area contributed by atoms with Crippen LogP contribution in [0.1, 0.15) is 56.1 Å². The van der Waals surface area contributed by atoms with Gasteiger partial charge in [0.15, 0.2) is 11.0 Å². The number of halogens is 3. The average molecular weight is 635 g/mol. The lowest BCUT2D eigenvalue weighted by Gasteiger charge is -2.23. The van der Waals surface area contributed by atoms with Crippen molar-refractivity contribution in [2.24, 2.45) is 4.99 Å². The third-order valence-electron chi connectivity index (χ3n) is 8.05. The number of thioether (sulfide) groups is 1. The number of nitrogens with zero attached hydrogens (tertiary/aromatic N) is 5. The maximum atomic E-state index is 13.0. The van der Waals surface area contributed by atoms with E-state index in [1.807, 2.05) is 24.3 Å². The van der Waals surface area contributed by atoms with E-state index in [9.17, 15) is 18.0 Å². The molecule has 2 heterocycles. The van der Waals surface area contributed by atoms with E-state index in [1.165, 1.54) is 46.4 Å². The standard InChI is InChI=1S/C33H33F3N6O2S/c1-21(2)28-5-3-4-6-29(28)41-17-18-45-32(41)39-31(43)38-25-12-11-24(19-25)22-7-9-23(10-8-22)30-37-20-42(40-30)26-13-15-27(16-14-26)44-33(34,35)36/h3-10,13-16,20-21,24-25H,11-12,17-19H2,1-2H3,(H,38,43). The number of aromatic nitrogens is 3. The number of amides is 2. The van der Waals surface area contributed by atoms with Crippen molar-refractivity contribution < 1.29 is 22.7 Å². The second-order valence-corrected chi connectivity index (χ2v) is 12.5. The van der Waals surface area contributed by atoms with E-state index in [0.717, 1.165) is 48.0 Å². The average Bonchev–Trinajstić information content (AvgIpc) is 3.79. The van der Waals surface area contributed by atoms with E-state index in [4.69, 9.17) is 0 Å². The van der Waals surface area contributed by atoms with Gasteiger partial charge in [0.25, 0.3) is 0 Å². The molecule has 0 bridgehead atoms. The molecule has 12 heteroatoms. The molecule has 1 saturated heterocycles. The molecule has 2 atom stereocenters. The van der Waals surface area contributed by atoms with Crippen LogP contribution in [-0.2, 0) is 0 Å². The van der Waals surface area contributed by atoms with Crippen molar-refractivity contribution in [2.45, 2.75) is 57.3 Å². The monoisotopic (exact) mass is 634 g/mol. The minimum atomic E-state index is -4.74. The van der Waals surface area contributed by atoms with Gasteiger partial charge in [-0.05, 0) is 72.6 Å². The first-order valence-electron chi connectivity index (χ1n) is 14.9. The number of ether oxygens (including phenoxy) is 1. The number of urea groups is 1. The van der Waals surface area contributed by atoms with Gasteiger partial charge in [-0.2, -0.15) is 4.99 Å². The summed E-state index contributed by atoms with van der Waals surface area (Å²) >= 11 is 1.61. The lowest BCUT2D eigenvalue weighted by Crippen LogP contribution is -2.33. The molecule has 2 unspecified atom stereocenters. The summed E-state index contributed by atoms with van der Waals surface area (Å²) in [7, 11) is 0. The highest BCUT2D eigenvalue weighted by Crippen LogP contribution is 2.36. The number of hydrogen-bond acceptors (Lipinski definition) is 5. The highest BCUT2D eigenvalue weighted by atomic mass is 32.2. The van der Waals surface area contributed by atoms with Crippen molar-refractivity contribution in [2.75, 3.05) is 17.2 Å². The van der Waals surface area contributed by atoms with Crippen LogP contribution in [0.2, 0.25) is 0 Å². The van der Waals surface area contributed by atoms with Gasteiger partial charge < -0.3 is 15.0 Å². The molecule has 1 aliphatic carbocycles. The third kappa shape index (κ3) is 7.33. The zero-order valence-electron chi connectivity index (χ0n) is 24.9. The first-order valence-corrected chi connectivity index (χ1v) is 15.9. The highest BCUT2D eigenvalue weighted by Gasteiger charge is 2.31. The maximum Gasteiger partial charge on any atom is 0.573 e. The first kappa shape index (κ1) is 30.7. The molecule has 1 saturated carbocycles. The van der Waals surface area contributed by atoms with Gasteiger partial charge in [0.05, 0.1) is 5.69 Å². The zero-order chi connectivity index (χ0) is 31.6. The van der Waals surface area contributed by atoms with Crippen molar-refractivity contribution in [3.63, 3.8) is 0 Å². The van der Waals surface area contributed by atoms with Gasteiger partial charge >= 0.3 is 12.4 Å². The van der Waals surface area contributed by atoms with E-state index in [1.54, 1.807) is 11.8 Å². The summed E-state index contributed by atoms with van der Waals surface area (Å²) in [6.07, 6.45) is -0.542. The molecule has 0 radical (unpaired) electrons. The van der Waals surface area contributed by atoms with Crippen LogP contribution in [-0.4, -0.2) is 50.7 Å². The highest BCUT2D eigenvalue weighted by molar-refractivity contribution is 8.14. The van der Waals surface area contributed by atoms with Crippen molar-refractivity contribution >= 4 is 28.6 Å². The zero-order valence-corrected chi connectivity index (χ0v) is 25.7. The molecular weight excluding hydrogens is 601 g/mol. The second-order valence-electron chi connectivity index (χ2n) is 11.4. The van der Waals surface area contributed by atoms with Crippen LogP contribution in [0, 0.1) is 0 Å². The summed E-state index contributed by atoms with van der Waals surface area (Å²) in [6.45, 7) is 5.17. The third-order valence-corrected chi connectivity index (χ3v) is 9.01. The quantitative estimate of drug-likeness (QED) is 0.222. The Morgan fingerprint density at radius 3 is 2.53 bits per heavy atom. The van der Waals surface area contributed by atoms with E-state index in [0.29, 0.717) is 23.3 Å². The molecule has 6 rings (SSSR count). The molecule has 2 aliphatic rings. The van der Waals surface area contributed by atoms with Crippen molar-refractivity contribution in [1.29, 1.82) is 0 Å². The smallest absolute Gasteiger partial charge is 0.406 e. The Bertz CT molecular complexity index is 1670. The SMILES string of the molecule is CC(C)c1ccccc1N1CCSC1=NC(=O)NC1CCC(c2ccc(-c3ncn(-c4ccc(OC(F)(F)F)cc4)n3)cc2)C1. The van der Waals surface area contributed by atoms with E-state index in [-0.39, 0.29) is 17.8 Å². The summed E-state index contributed by atoms with van der Waals surface area (Å²) in [5.74, 6) is 1.78. The van der Waals surface area contributed by atoms with E-state index >= 15 is 0 Å². The lowest BCUT2D eigenvalue weighted by atomic mass is 9.96. The second kappa shape index (κ2) is 13.0. The first-order chi connectivity index (χ1) is 21.6. The molecule has 45 heavy (non-hydrogen) atoms. The molecule has 234 valence electrons. The van der Waals surface area contributed by atoms with Gasteiger partial charge in [-0.15, -0.1) is 18.3 Å². The molecule has 0 spiro atoms. The Hall–Kier alpha value is -4.32. The van der Waals surface area contributed by atoms with Gasteiger partial charge in [0, 0.05) is 29.6 Å². The fourth-order valence-corrected chi connectivity index (χ4v) is 6.82. The van der Waals surface area contributed by atoms with Crippen molar-refractivity contribution in [3.8, 4) is 22.8 Å². The van der Waals surface area contributed by atoms with E-state index in [2.05, 4.69) is 68.1 Å². The Kier molecular flexibility index (Phi) is 8.84. The Balaban J connectivity index is 1.05. The van der Waals surface area contributed by atoms with Gasteiger partial charge in [0.1, 0.15) is 12.1 Å². The van der Waals surface area contributed by atoms with Crippen LogP contribution < -0.4 is 15.0 Å². The normalized spacial score (nSPS) is 19.4. The number of carbonyl (C=O) groups excluding carboxylic acids is 1. The molecule has 2 amide bonds. The number of amidine groups is 1. The van der Waals surface area contributed by atoms with Gasteiger partial charge in [-0.25, -0.2) is 14.5 Å². The molecule has 1 N–H and O–H groups in total. The fourth-order valence-electron chi connectivity index (χ4n) is 5.87. The molecule has 1 aliphatic heterocycles. The minimum Gasteiger partial charge on any atom is -0.406 e. The number of benzene rings is 3. The Morgan fingerprint density at radius 2 is 1.80 bits per heavy atom. The van der Waals surface area contributed by atoms with Gasteiger partial charge in [0.2, 0.25) is 0 Å². The largest absolute Gasteiger partial charge is 0.573 e. The summed E-state index contributed by atoms with van der Waals surface area (Å²) in [5, 5.41) is 8.36. The van der Waals surface area contributed by atoms with Crippen LogP contribution >= 0.6 is 11.8 Å². The fraction of sp³-hybridized carbons (Fsp3) is 0.333. The molecule has 8 nitrogen and oxygen atoms in total. The van der Waals surface area contributed by atoms with Gasteiger partial charge in [-0.1, -0.05) is 68.1 Å². The predicted octanol–water partition coefficient (Wildman–Crippen LogP) is 7.91. The number of rotatable bonds is 7. The molecule has 3 aromatic carbocycles. The van der Waals surface area contributed by atoms with Crippen LogP contribution in [0.3, 0.4) is 0 Å². The Morgan fingerprint density at radius 1 is 1.04 bits per heavy atom. The summed E-state index contributed by atoms with van der Waals surface area (Å²) in [6, 6.07) is 21.6. The van der Waals surface area contributed by atoms with Crippen LogP contribution in [0.25, 0.3) is 17.1 Å². The minimum absolute atomic E-state index is 0.0552. The topological polar surface area (TPSA) is 84.6 Å². The molecule has 4 aromatic rings. The number of anilines is 1. The van der Waals surface area contributed by atoms with Crippen molar-refractivity contribution in [3.05, 3.63) is 90.3 Å². The molecular formula is C33H33F3N6O2S. The number of hydrogen-bond donors (Lipinski definition) is 1. The number of para-hydroxylation sites is 1. The molecule has 1 aromatic heterocycles. The van der Waals surface area contributed by atoms with Gasteiger partial charge in [-0.3, -0.25) is 0 Å². The summed E-state index contributed by atoms with van der Waals surface area (Å²) in [4.78, 5) is 24.0. The summed E-state index contributed by atoms with van der Waals surface area (Å²) in [5.41, 5.74) is 4.93. The van der Waals surface area contributed by atoms with Crippen molar-refractivity contribution in [1.82, 2.24) is 20.1 Å². The van der Waals surface area contributed by atoms with Crippen LogP contribution in [0.5, 0.6) is 5.75 Å². The molecule has 2 fully saturated rings. The predicted molar refractivity (Wildman–Crippen MR) is 170 cm³/mol. The van der Waals surface area contributed by atoms with Crippen LogP contribution in [0.4, 0.5) is 23.7 Å². The number of nitrogens with one attached hydrogen (secondary N) is 1. The Labute approximate surface area is 263 Å². The lowest BCUT2D eigenvalue weighted by molar-refractivity contribution is -0.274. The summed E-state index contributed by atoms with van der Waals surface area (Å²) < 4.78 is 42.7. The maximum absolute atomic E-state index is 13.0. The number of alkyl halides is 3. The van der Waals surface area contributed by atoms with Crippen LogP contribution in [0.15, 0.2) is 84.1 Å². The van der Waals surface area contributed by atoms with E-state index < -0.39 is 6.36 Å². The number of aliphatic imine (C=N–C) groups is 1.